The number of hydrogen-bond acceptors (Lipinski definition) is 0. The summed E-state index contributed by atoms with van der Waals surface area (Å²) in [6, 6.07) is 39.5. The topological polar surface area (TPSA) is 3.88 Å². The molecule has 6 aromatic rings. The van der Waals surface area contributed by atoms with Gasteiger partial charge in [-0.2, -0.15) is 4.57 Å². The average molecular weight is 370 g/mol. The molecule has 0 bridgehead atoms. The first-order valence-electron chi connectivity index (χ1n) is 10.1. The molecule has 1 heterocycles. The molecule has 0 aliphatic heterocycles. The van der Waals surface area contributed by atoms with Crippen molar-refractivity contribution in [2.75, 3.05) is 0 Å². The summed E-state index contributed by atoms with van der Waals surface area (Å²) in [5.74, 6) is 0. The minimum absolute atomic E-state index is 0.845. The van der Waals surface area contributed by atoms with E-state index in [1.165, 1.54) is 48.9 Å². The average Bonchev–Trinajstić information content (AvgIpc) is 2.79. The number of nitrogens with zero attached hydrogens (tertiary/aromatic N) is 1. The third-order valence-electron chi connectivity index (χ3n) is 5.97. The lowest BCUT2D eigenvalue weighted by molar-refractivity contribution is -0.635. The van der Waals surface area contributed by atoms with Gasteiger partial charge < -0.3 is 0 Å². The fourth-order valence-electron chi connectivity index (χ4n) is 4.58. The van der Waals surface area contributed by atoms with E-state index < -0.39 is 0 Å². The highest BCUT2D eigenvalue weighted by Crippen LogP contribution is 2.27. The van der Waals surface area contributed by atoms with Crippen LogP contribution in [0.4, 0.5) is 0 Å². The predicted octanol–water partition coefficient (Wildman–Crippen LogP) is 6.64. The molecule has 5 aromatic carbocycles. The minimum atomic E-state index is 0.845. The molecular weight excluding hydrogens is 350 g/mol. The fraction of sp³-hybridized carbons (Fsp3) is 0.0357. The van der Waals surface area contributed by atoms with Crippen LogP contribution in [0.5, 0.6) is 0 Å². The van der Waals surface area contributed by atoms with E-state index in [0.717, 1.165) is 6.54 Å². The van der Waals surface area contributed by atoms with Gasteiger partial charge in [0, 0.05) is 23.1 Å². The molecule has 6 rings (SSSR count). The molecule has 0 amide bonds. The first-order valence-corrected chi connectivity index (χ1v) is 10.1. The van der Waals surface area contributed by atoms with E-state index in [4.69, 9.17) is 0 Å². The molecule has 0 unspecified atom stereocenters. The quantitative estimate of drug-likeness (QED) is 0.183. The van der Waals surface area contributed by atoms with Crippen molar-refractivity contribution in [3.8, 4) is 0 Å². The Bertz CT molecular complexity index is 1520. The minimum Gasteiger partial charge on any atom is -0.187 e. The Morgan fingerprint density at radius 3 is 1.97 bits per heavy atom. The van der Waals surface area contributed by atoms with Gasteiger partial charge >= 0.3 is 0 Å². The number of pyridine rings is 1. The monoisotopic (exact) mass is 370 g/mol. The van der Waals surface area contributed by atoms with E-state index in [0.29, 0.717) is 0 Å². The summed E-state index contributed by atoms with van der Waals surface area (Å²) in [6.45, 7) is 0.845. The lowest BCUT2D eigenvalue weighted by atomic mass is 10.0. The zero-order chi connectivity index (χ0) is 19.2. The molecule has 0 atom stereocenters. The smallest absolute Gasteiger partial charge is 0.187 e. The van der Waals surface area contributed by atoms with E-state index in [2.05, 4.69) is 114 Å². The second kappa shape index (κ2) is 6.42. The Morgan fingerprint density at radius 2 is 1.10 bits per heavy atom. The van der Waals surface area contributed by atoms with Crippen LogP contribution in [0.3, 0.4) is 0 Å². The Labute approximate surface area is 169 Å². The van der Waals surface area contributed by atoms with Crippen molar-refractivity contribution in [2.24, 2.45) is 0 Å². The normalized spacial score (nSPS) is 11.6. The Balaban J connectivity index is 1.70. The zero-order valence-corrected chi connectivity index (χ0v) is 16.0. The third kappa shape index (κ3) is 2.59. The molecule has 0 fully saturated rings. The van der Waals surface area contributed by atoms with Crippen molar-refractivity contribution in [2.45, 2.75) is 6.54 Å². The highest BCUT2D eigenvalue weighted by Gasteiger charge is 2.18. The Hall–Kier alpha value is -3.71. The summed E-state index contributed by atoms with van der Waals surface area (Å²) in [5, 5.41) is 7.79. The van der Waals surface area contributed by atoms with Gasteiger partial charge in [-0.3, -0.25) is 0 Å². The summed E-state index contributed by atoms with van der Waals surface area (Å²) >= 11 is 0. The number of para-hydroxylation sites is 1. The molecule has 0 saturated carbocycles. The van der Waals surface area contributed by atoms with E-state index in [-0.39, 0.29) is 0 Å². The third-order valence-corrected chi connectivity index (χ3v) is 5.97. The molecule has 29 heavy (non-hydrogen) atoms. The van der Waals surface area contributed by atoms with Gasteiger partial charge in [0.15, 0.2) is 6.54 Å². The highest BCUT2D eigenvalue weighted by atomic mass is 15.0. The number of hydrogen-bond donors (Lipinski definition) is 0. The lowest BCUT2D eigenvalue weighted by Crippen LogP contribution is -2.36. The molecule has 0 radical (unpaired) electrons. The Kier molecular flexibility index (Phi) is 3.60. The second-order valence-electron chi connectivity index (χ2n) is 7.65. The molecule has 0 aliphatic rings. The van der Waals surface area contributed by atoms with Gasteiger partial charge in [0.1, 0.15) is 0 Å². The maximum atomic E-state index is 2.47. The van der Waals surface area contributed by atoms with Crippen LogP contribution in [0, 0.1) is 0 Å². The molecular formula is C28H20N+. The number of rotatable bonds is 2. The second-order valence-corrected chi connectivity index (χ2v) is 7.65. The molecule has 1 aromatic heterocycles. The molecule has 0 spiro atoms. The van der Waals surface area contributed by atoms with Crippen LogP contribution in [-0.4, -0.2) is 0 Å². The van der Waals surface area contributed by atoms with E-state index >= 15 is 0 Å². The standard InChI is InChI=1S/C28H20N/c1-4-13-24-20(8-1)11-7-12-23(24)19-29-27-15-6-3-10-22(27)18-26-25-14-5-2-9-21(25)16-17-28(26)29/h1-18H,19H2/q+1. The summed E-state index contributed by atoms with van der Waals surface area (Å²) in [5.41, 5.74) is 3.89. The largest absolute Gasteiger partial charge is 0.213 e. The summed E-state index contributed by atoms with van der Waals surface area (Å²) in [7, 11) is 0. The molecule has 136 valence electrons. The van der Waals surface area contributed by atoms with Gasteiger partial charge in [-0.05, 0) is 39.7 Å². The zero-order valence-electron chi connectivity index (χ0n) is 16.0. The summed E-state index contributed by atoms with van der Waals surface area (Å²) in [4.78, 5) is 0. The summed E-state index contributed by atoms with van der Waals surface area (Å²) < 4.78 is 2.47. The van der Waals surface area contributed by atoms with Gasteiger partial charge in [0.05, 0.1) is 5.39 Å². The van der Waals surface area contributed by atoms with Crippen molar-refractivity contribution in [1.29, 1.82) is 0 Å². The van der Waals surface area contributed by atoms with E-state index in [1.54, 1.807) is 0 Å². The van der Waals surface area contributed by atoms with Crippen molar-refractivity contribution in [3.05, 3.63) is 115 Å². The molecule has 0 N–H and O–H groups in total. The van der Waals surface area contributed by atoms with Gasteiger partial charge in [-0.15, -0.1) is 0 Å². The molecule has 0 saturated heterocycles. The number of aromatic nitrogens is 1. The number of fused-ring (bicyclic) bond motifs is 5. The lowest BCUT2D eigenvalue weighted by Gasteiger charge is -2.10. The molecule has 1 heteroatoms. The molecule has 0 aliphatic carbocycles. The van der Waals surface area contributed by atoms with Gasteiger partial charge in [0.25, 0.3) is 0 Å². The predicted molar refractivity (Wildman–Crippen MR) is 122 cm³/mol. The van der Waals surface area contributed by atoms with Crippen LogP contribution in [0.1, 0.15) is 5.56 Å². The van der Waals surface area contributed by atoms with Crippen molar-refractivity contribution < 1.29 is 4.57 Å². The van der Waals surface area contributed by atoms with Gasteiger partial charge in [-0.1, -0.05) is 78.9 Å². The maximum Gasteiger partial charge on any atom is 0.213 e. The first-order chi connectivity index (χ1) is 14.4. The van der Waals surface area contributed by atoms with Crippen LogP contribution in [-0.2, 0) is 6.54 Å². The maximum absolute atomic E-state index is 2.47. The van der Waals surface area contributed by atoms with E-state index in [1.807, 2.05) is 0 Å². The summed E-state index contributed by atoms with van der Waals surface area (Å²) in [6.07, 6.45) is 0. The fourth-order valence-corrected chi connectivity index (χ4v) is 4.58. The number of benzene rings is 5. The Morgan fingerprint density at radius 1 is 0.448 bits per heavy atom. The van der Waals surface area contributed by atoms with Crippen LogP contribution in [0.25, 0.3) is 43.4 Å². The van der Waals surface area contributed by atoms with Gasteiger partial charge in [0.2, 0.25) is 11.0 Å². The van der Waals surface area contributed by atoms with E-state index in [9.17, 15) is 0 Å². The van der Waals surface area contributed by atoms with Crippen molar-refractivity contribution in [3.63, 3.8) is 0 Å². The highest BCUT2D eigenvalue weighted by molar-refractivity contribution is 6.07. The molecule has 1 nitrogen and oxygen atoms in total. The first kappa shape index (κ1) is 16.3. The van der Waals surface area contributed by atoms with Crippen LogP contribution in [0.2, 0.25) is 0 Å². The van der Waals surface area contributed by atoms with Crippen molar-refractivity contribution in [1.82, 2.24) is 0 Å². The van der Waals surface area contributed by atoms with Crippen molar-refractivity contribution >= 4 is 43.4 Å². The SMILES string of the molecule is c1ccc2c(C[n+]3c4ccccc4cc4c5ccccc5ccc43)cccc2c1. The van der Waals surface area contributed by atoms with Crippen LogP contribution >= 0.6 is 0 Å². The van der Waals surface area contributed by atoms with Gasteiger partial charge in [-0.25, -0.2) is 0 Å². The van der Waals surface area contributed by atoms with Crippen LogP contribution < -0.4 is 4.57 Å². The van der Waals surface area contributed by atoms with Crippen LogP contribution in [0.15, 0.2) is 109 Å².